The van der Waals surface area contributed by atoms with Crippen LogP contribution in [0, 0.1) is 6.42 Å². The van der Waals surface area contributed by atoms with Gasteiger partial charge in [-0.3, -0.25) is 0 Å². The van der Waals surface area contributed by atoms with Crippen LogP contribution in [-0.4, -0.2) is 0 Å². The summed E-state index contributed by atoms with van der Waals surface area (Å²) in [6, 6.07) is 0. The first-order valence-corrected chi connectivity index (χ1v) is 8.23. The van der Waals surface area contributed by atoms with Gasteiger partial charge >= 0.3 is 0 Å². The summed E-state index contributed by atoms with van der Waals surface area (Å²) in [5, 5.41) is 0. The lowest BCUT2D eigenvalue weighted by Gasteiger charge is -2.02. The van der Waals surface area contributed by atoms with Crippen molar-refractivity contribution < 1.29 is 0 Å². The van der Waals surface area contributed by atoms with E-state index in [1.807, 2.05) is 0 Å². The van der Waals surface area contributed by atoms with Crippen molar-refractivity contribution in [3.63, 3.8) is 0 Å². The molecule has 0 bridgehead atoms. The zero-order valence-corrected chi connectivity index (χ0v) is 12.5. The quantitative estimate of drug-likeness (QED) is 0.296. The van der Waals surface area contributed by atoms with E-state index in [2.05, 4.69) is 20.3 Å². The molecule has 0 N–H and O–H groups in total. The van der Waals surface area contributed by atoms with Crippen molar-refractivity contribution in [2.75, 3.05) is 0 Å². The summed E-state index contributed by atoms with van der Waals surface area (Å²) in [6.45, 7) is 4.57. The van der Waals surface area contributed by atoms with Gasteiger partial charge in [-0.05, 0) is 6.42 Å². The Bertz CT molecular complexity index is 103. The Morgan fingerprint density at radius 2 is 0.824 bits per heavy atom. The summed E-state index contributed by atoms with van der Waals surface area (Å²) in [5.41, 5.74) is 0. The second kappa shape index (κ2) is 16.0. The van der Waals surface area contributed by atoms with Crippen LogP contribution in [0.5, 0.6) is 0 Å². The van der Waals surface area contributed by atoms with Crippen molar-refractivity contribution in [1.82, 2.24) is 0 Å². The van der Waals surface area contributed by atoms with Crippen molar-refractivity contribution in [2.45, 2.75) is 104 Å². The molecule has 0 aliphatic carbocycles. The van der Waals surface area contributed by atoms with Crippen LogP contribution in [-0.2, 0) is 0 Å². The fraction of sp³-hybridized carbons (Fsp3) is 0.941. The highest BCUT2D eigenvalue weighted by atomic mass is 14.0. The van der Waals surface area contributed by atoms with Gasteiger partial charge in [0.15, 0.2) is 0 Å². The SMILES string of the molecule is CCCCCC[CH]CCCCCCCCCC. The number of unbranched alkanes of at least 4 members (excludes halogenated alkanes) is 14. The number of rotatable bonds is 14. The molecule has 0 heteroatoms. The molecule has 0 aromatic heterocycles. The van der Waals surface area contributed by atoms with Crippen molar-refractivity contribution in [2.24, 2.45) is 0 Å². The molecule has 0 amide bonds. The van der Waals surface area contributed by atoms with Gasteiger partial charge in [-0.1, -0.05) is 104 Å². The molecule has 103 valence electrons. The molecule has 0 aliphatic heterocycles. The van der Waals surface area contributed by atoms with Crippen LogP contribution in [0.25, 0.3) is 0 Å². The largest absolute Gasteiger partial charge is 0.0654 e. The Balaban J connectivity index is 2.85. The molecule has 0 nitrogen and oxygen atoms in total. The molecule has 0 unspecified atom stereocenters. The minimum Gasteiger partial charge on any atom is -0.0654 e. The Labute approximate surface area is 111 Å². The molecule has 0 aromatic rings. The van der Waals surface area contributed by atoms with Gasteiger partial charge in [0.2, 0.25) is 0 Å². The Hall–Kier alpha value is 0. The molecule has 0 aliphatic rings. The first-order chi connectivity index (χ1) is 8.41. The molecule has 0 heterocycles. The van der Waals surface area contributed by atoms with E-state index in [0.29, 0.717) is 0 Å². The highest BCUT2D eigenvalue weighted by Crippen LogP contribution is 2.12. The maximum atomic E-state index is 2.52. The molecule has 17 heavy (non-hydrogen) atoms. The van der Waals surface area contributed by atoms with Crippen LogP contribution in [0.4, 0.5) is 0 Å². The zero-order chi connectivity index (χ0) is 12.6. The van der Waals surface area contributed by atoms with Crippen LogP contribution in [0.15, 0.2) is 0 Å². The fourth-order valence-electron chi connectivity index (χ4n) is 2.28. The maximum Gasteiger partial charge on any atom is -0.0386 e. The van der Waals surface area contributed by atoms with Crippen molar-refractivity contribution >= 4 is 0 Å². The average Bonchev–Trinajstić information content (AvgIpc) is 2.35. The average molecular weight is 239 g/mol. The summed E-state index contributed by atoms with van der Waals surface area (Å²) in [7, 11) is 0. The molecular weight excluding hydrogens is 204 g/mol. The summed E-state index contributed by atoms with van der Waals surface area (Å²) in [6.07, 6.45) is 22.4. The smallest absolute Gasteiger partial charge is 0.0386 e. The standard InChI is InChI=1S/C17H35/c1-3-5-7-9-11-13-15-17-16-14-12-10-8-6-4-2/h13H,3-12,14-17H2,1-2H3. The topological polar surface area (TPSA) is 0 Å². The van der Waals surface area contributed by atoms with Gasteiger partial charge in [0.25, 0.3) is 0 Å². The van der Waals surface area contributed by atoms with Gasteiger partial charge in [0, 0.05) is 0 Å². The van der Waals surface area contributed by atoms with E-state index in [4.69, 9.17) is 0 Å². The van der Waals surface area contributed by atoms with Crippen molar-refractivity contribution in [3.05, 3.63) is 6.42 Å². The molecule has 0 spiro atoms. The van der Waals surface area contributed by atoms with E-state index in [1.165, 1.54) is 89.9 Å². The normalized spacial score (nSPS) is 10.9. The van der Waals surface area contributed by atoms with Gasteiger partial charge in [-0.25, -0.2) is 0 Å². The number of hydrogen-bond acceptors (Lipinski definition) is 0. The van der Waals surface area contributed by atoms with Gasteiger partial charge in [0.05, 0.1) is 0 Å². The van der Waals surface area contributed by atoms with Crippen molar-refractivity contribution in [3.8, 4) is 0 Å². The van der Waals surface area contributed by atoms with E-state index in [9.17, 15) is 0 Å². The van der Waals surface area contributed by atoms with E-state index >= 15 is 0 Å². The minimum absolute atomic E-state index is 1.36. The third-order valence-electron chi connectivity index (χ3n) is 3.52. The Morgan fingerprint density at radius 3 is 1.29 bits per heavy atom. The molecule has 0 saturated carbocycles. The van der Waals surface area contributed by atoms with Gasteiger partial charge in [-0.15, -0.1) is 0 Å². The Morgan fingerprint density at radius 1 is 0.471 bits per heavy atom. The molecule has 0 saturated heterocycles. The fourth-order valence-corrected chi connectivity index (χ4v) is 2.28. The van der Waals surface area contributed by atoms with Gasteiger partial charge < -0.3 is 0 Å². The van der Waals surface area contributed by atoms with Crippen LogP contribution in [0.3, 0.4) is 0 Å². The predicted molar refractivity (Wildman–Crippen MR) is 80.3 cm³/mol. The first kappa shape index (κ1) is 17.0. The lowest BCUT2D eigenvalue weighted by atomic mass is 10.0. The van der Waals surface area contributed by atoms with Gasteiger partial charge in [0.1, 0.15) is 0 Å². The summed E-state index contributed by atoms with van der Waals surface area (Å²) in [5.74, 6) is 0. The van der Waals surface area contributed by atoms with Crippen LogP contribution < -0.4 is 0 Å². The molecule has 0 aromatic carbocycles. The highest BCUT2D eigenvalue weighted by Gasteiger charge is 1.93. The van der Waals surface area contributed by atoms with Crippen molar-refractivity contribution in [1.29, 1.82) is 0 Å². The summed E-state index contributed by atoms with van der Waals surface area (Å²) >= 11 is 0. The van der Waals surface area contributed by atoms with Crippen LogP contribution >= 0.6 is 0 Å². The molecule has 0 fully saturated rings. The first-order valence-electron chi connectivity index (χ1n) is 8.23. The number of hydrogen-bond donors (Lipinski definition) is 0. The predicted octanol–water partition coefficient (Wildman–Crippen LogP) is 6.69. The van der Waals surface area contributed by atoms with Gasteiger partial charge in [-0.2, -0.15) is 0 Å². The molecule has 1 radical (unpaired) electrons. The lowest BCUT2D eigenvalue weighted by molar-refractivity contribution is 0.568. The van der Waals surface area contributed by atoms with Crippen LogP contribution in [0.2, 0.25) is 0 Å². The van der Waals surface area contributed by atoms with E-state index in [-0.39, 0.29) is 0 Å². The monoisotopic (exact) mass is 239 g/mol. The maximum absolute atomic E-state index is 2.52. The van der Waals surface area contributed by atoms with E-state index < -0.39 is 0 Å². The van der Waals surface area contributed by atoms with E-state index in [1.54, 1.807) is 0 Å². The third-order valence-corrected chi connectivity index (χ3v) is 3.52. The zero-order valence-electron chi connectivity index (χ0n) is 12.5. The third kappa shape index (κ3) is 16.0. The van der Waals surface area contributed by atoms with E-state index in [0.717, 1.165) is 0 Å². The minimum atomic E-state index is 1.36. The summed E-state index contributed by atoms with van der Waals surface area (Å²) < 4.78 is 0. The lowest BCUT2D eigenvalue weighted by Crippen LogP contribution is -1.83. The Kier molecular flexibility index (Phi) is 16.0. The summed E-state index contributed by atoms with van der Waals surface area (Å²) in [4.78, 5) is 0. The molecule has 0 rings (SSSR count). The second-order valence-electron chi connectivity index (χ2n) is 5.40. The highest BCUT2D eigenvalue weighted by molar-refractivity contribution is 4.64. The second-order valence-corrected chi connectivity index (χ2v) is 5.40. The molecular formula is C17H35. The van der Waals surface area contributed by atoms with Crippen LogP contribution in [0.1, 0.15) is 104 Å². The molecule has 0 atom stereocenters.